The molecule has 17 heavy (non-hydrogen) atoms. The third-order valence-electron chi connectivity index (χ3n) is 2.18. The van der Waals surface area contributed by atoms with Crippen molar-refractivity contribution in [2.75, 3.05) is 19.5 Å². The molecule has 6 heteroatoms. The van der Waals surface area contributed by atoms with E-state index >= 15 is 0 Å². The molecular formula is C11H16N2O4. The lowest BCUT2D eigenvalue weighted by molar-refractivity contribution is -0.144. The van der Waals surface area contributed by atoms with Gasteiger partial charge >= 0.3 is 11.9 Å². The van der Waals surface area contributed by atoms with Crippen LogP contribution in [-0.2, 0) is 14.3 Å². The van der Waals surface area contributed by atoms with E-state index in [1.165, 1.54) is 13.2 Å². The number of rotatable bonds is 4. The lowest BCUT2D eigenvalue weighted by atomic mass is 10.3. The van der Waals surface area contributed by atoms with Gasteiger partial charge in [0.25, 0.3) is 0 Å². The van der Waals surface area contributed by atoms with Crippen molar-refractivity contribution >= 4 is 17.6 Å². The molecule has 1 aromatic rings. The molecule has 0 atom stereocenters. The van der Waals surface area contributed by atoms with Gasteiger partial charge in [-0.2, -0.15) is 0 Å². The number of carbonyl (C=O) groups is 2. The number of nitrogens with zero attached hydrogens (tertiary/aromatic N) is 1. The minimum Gasteiger partial charge on any atom is -0.466 e. The number of anilines is 1. The largest absolute Gasteiger partial charge is 0.466 e. The second kappa shape index (κ2) is 5.38. The summed E-state index contributed by atoms with van der Waals surface area (Å²) in [6.45, 7) is 3.42. The minimum absolute atomic E-state index is 0.0768. The Morgan fingerprint density at radius 3 is 2.65 bits per heavy atom. The Morgan fingerprint density at radius 1 is 1.47 bits per heavy atom. The van der Waals surface area contributed by atoms with E-state index in [4.69, 9.17) is 10.5 Å². The van der Waals surface area contributed by atoms with Crippen molar-refractivity contribution in [1.82, 2.24) is 4.57 Å². The van der Waals surface area contributed by atoms with E-state index in [1.54, 1.807) is 10.8 Å². The summed E-state index contributed by atoms with van der Waals surface area (Å²) >= 11 is 0. The average Bonchev–Trinajstić information content (AvgIpc) is 2.67. The molecule has 0 amide bonds. The molecule has 0 saturated heterocycles. The molecule has 0 aliphatic rings. The van der Waals surface area contributed by atoms with Gasteiger partial charge in [-0.1, -0.05) is 0 Å². The number of hydrogen-bond donors (Lipinski definition) is 1. The van der Waals surface area contributed by atoms with Crippen LogP contribution in [0, 0.1) is 0 Å². The van der Waals surface area contributed by atoms with Crippen LogP contribution in [0.5, 0.6) is 0 Å². The van der Waals surface area contributed by atoms with Crippen molar-refractivity contribution in [1.29, 1.82) is 0 Å². The van der Waals surface area contributed by atoms with Gasteiger partial charge in [0.1, 0.15) is 5.69 Å². The van der Waals surface area contributed by atoms with Gasteiger partial charge in [-0.15, -0.1) is 0 Å². The number of carbonyl (C=O) groups excluding carboxylic acids is 2. The fraction of sp³-hybridized carbons (Fsp3) is 0.455. The van der Waals surface area contributed by atoms with E-state index in [1.807, 2.05) is 13.8 Å². The number of esters is 2. The summed E-state index contributed by atoms with van der Waals surface area (Å²) < 4.78 is 10.9. The van der Waals surface area contributed by atoms with Crippen LogP contribution >= 0.6 is 0 Å². The Morgan fingerprint density at radius 2 is 2.12 bits per heavy atom. The predicted octanol–water partition coefficient (Wildman–Crippen LogP) is 0.981. The monoisotopic (exact) mass is 240 g/mol. The van der Waals surface area contributed by atoms with Crippen LogP contribution in [-0.4, -0.2) is 30.2 Å². The maximum Gasteiger partial charge on any atom is 0.355 e. The van der Waals surface area contributed by atoms with Crippen molar-refractivity contribution in [2.45, 2.75) is 19.9 Å². The summed E-state index contributed by atoms with van der Waals surface area (Å²) in [5.74, 6) is -1.20. The van der Waals surface area contributed by atoms with E-state index in [2.05, 4.69) is 4.74 Å². The third kappa shape index (κ3) is 3.24. The van der Waals surface area contributed by atoms with Crippen molar-refractivity contribution in [2.24, 2.45) is 0 Å². The highest BCUT2D eigenvalue weighted by Crippen LogP contribution is 2.17. The van der Waals surface area contributed by atoms with Gasteiger partial charge in [0.05, 0.1) is 12.8 Å². The van der Waals surface area contributed by atoms with Crippen LogP contribution in [0.1, 0.15) is 30.4 Å². The molecule has 0 bridgehead atoms. The first-order chi connectivity index (χ1) is 7.95. The van der Waals surface area contributed by atoms with Gasteiger partial charge in [-0.05, 0) is 19.9 Å². The lowest BCUT2D eigenvalue weighted by Gasteiger charge is -2.11. The SMILES string of the molecule is COC(=O)COC(=O)c1cc(N)cn1C(C)C. The first kappa shape index (κ1) is 13.1. The van der Waals surface area contributed by atoms with E-state index in [9.17, 15) is 9.59 Å². The summed E-state index contributed by atoms with van der Waals surface area (Å²) in [6.07, 6.45) is 1.65. The second-order valence-electron chi connectivity index (χ2n) is 3.81. The molecule has 6 nitrogen and oxygen atoms in total. The molecule has 0 spiro atoms. The molecule has 0 saturated carbocycles. The van der Waals surface area contributed by atoms with Crippen LogP contribution in [0.25, 0.3) is 0 Å². The quantitative estimate of drug-likeness (QED) is 0.793. The summed E-state index contributed by atoms with van der Waals surface area (Å²) in [5.41, 5.74) is 6.41. The standard InChI is InChI=1S/C11H16N2O4/c1-7(2)13-5-8(12)4-9(13)11(15)17-6-10(14)16-3/h4-5,7H,6,12H2,1-3H3. The van der Waals surface area contributed by atoms with Crippen molar-refractivity contribution in [3.05, 3.63) is 18.0 Å². The van der Waals surface area contributed by atoms with Gasteiger partial charge in [0.2, 0.25) is 0 Å². The van der Waals surface area contributed by atoms with Gasteiger partial charge < -0.3 is 19.8 Å². The zero-order valence-electron chi connectivity index (χ0n) is 10.1. The Kier molecular flexibility index (Phi) is 4.14. The number of nitrogens with two attached hydrogens (primary N) is 1. The van der Waals surface area contributed by atoms with Gasteiger partial charge in [0.15, 0.2) is 6.61 Å². The number of hydrogen-bond acceptors (Lipinski definition) is 5. The molecule has 94 valence electrons. The minimum atomic E-state index is -0.603. The Labute approximate surface area is 99.3 Å². The molecule has 0 unspecified atom stereocenters. The normalized spacial score (nSPS) is 10.4. The van der Waals surface area contributed by atoms with Gasteiger partial charge in [-0.25, -0.2) is 9.59 Å². The van der Waals surface area contributed by atoms with Gasteiger partial charge in [-0.3, -0.25) is 0 Å². The molecule has 0 radical (unpaired) electrons. The molecule has 0 fully saturated rings. The van der Waals surface area contributed by atoms with E-state index in [0.717, 1.165) is 0 Å². The molecule has 1 heterocycles. The highest BCUT2D eigenvalue weighted by atomic mass is 16.6. The first-order valence-corrected chi connectivity index (χ1v) is 5.17. The predicted molar refractivity (Wildman–Crippen MR) is 61.5 cm³/mol. The van der Waals surface area contributed by atoms with Crippen molar-refractivity contribution in [3.8, 4) is 0 Å². The number of nitrogen functional groups attached to an aromatic ring is 1. The highest BCUT2D eigenvalue weighted by Gasteiger charge is 2.17. The molecule has 1 aromatic heterocycles. The molecule has 0 aromatic carbocycles. The zero-order chi connectivity index (χ0) is 13.0. The smallest absolute Gasteiger partial charge is 0.355 e. The second-order valence-corrected chi connectivity index (χ2v) is 3.81. The molecule has 1 rings (SSSR count). The first-order valence-electron chi connectivity index (χ1n) is 5.17. The third-order valence-corrected chi connectivity index (χ3v) is 2.18. The summed E-state index contributed by atoms with van der Waals surface area (Å²) in [5, 5.41) is 0. The summed E-state index contributed by atoms with van der Waals surface area (Å²) in [4.78, 5) is 22.5. The van der Waals surface area contributed by atoms with E-state index in [0.29, 0.717) is 11.4 Å². The van der Waals surface area contributed by atoms with E-state index in [-0.39, 0.29) is 6.04 Å². The highest BCUT2D eigenvalue weighted by molar-refractivity contribution is 5.90. The molecular weight excluding hydrogens is 224 g/mol. The fourth-order valence-electron chi connectivity index (χ4n) is 1.35. The zero-order valence-corrected chi connectivity index (χ0v) is 10.1. The number of ether oxygens (including phenoxy) is 2. The Bertz CT molecular complexity index is 423. The molecule has 2 N–H and O–H groups in total. The van der Waals surface area contributed by atoms with Crippen LogP contribution in [0.4, 0.5) is 5.69 Å². The Hall–Kier alpha value is -1.98. The summed E-state index contributed by atoms with van der Waals surface area (Å²) in [7, 11) is 1.23. The topological polar surface area (TPSA) is 83.6 Å². The van der Waals surface area contributed by atoms with Crippen molar-refractivity contribution in [3.63, 3.8) is 0 Å². The Balaban J connectivity index is 2.78. The van der Waals surface area contributed by atoms with Crippen LogP contribution in [0.15, 0.2) is 12.3 Å². The van der Waals surface area contributed by atoms with Crippen LogP contribution in [0.3, 0.4) is 0 Å². The van der Waals surface area contributed by atoms with Gasteiger partial charge in [0, 0.05) is 12.2 Å². The maximum atomic E-state index is 11.7. The van der Waals surface area contributed by atoms with E-state index < -0.39 is 18.5 Å². The molecule has 0 aliphatic heterocycles. The lowest BCUT2D eigenvalue weighted by Crippen LogP contribution is -2.18. The number of aromatic nitrogens is 1. The molecule has 0 aliphatic carbocycles. The fourth-order valence-corrected chi connectivity index (χ4v) is 1.35. The average molecular weight is 240 g/mol. The van der Waals surface area contributed by atoms with Crippen LogP contribution in [0.2, 0.25) is 0 Å². The van der Waals surface area contributed by atoms with Crippen LogP contribution < -0.4 is 5.73 Å². The summed E-state index contributed by atoms with van der Waals surface area (Å²) in [6, 6.07) is 1.59. The number of methoxy groups -OCH3 is 1. The maximum absolute atomic E-state index is 11.7. The van der Waals surface area contributed by atoms with Crippen molar-refractivity contribution < 1.29 is 19.1 Å².